The van der Waals surface area contributed by atoms with Crippen molar-refractivity contribution in [3.05, 3.63) is 58.5 Å². The molecule has 0 aliphatic carbocycles. The number of ether oxygens (including phenoxy) is 1. The van der Waals surface area contributed by atoms with Crippen LogP contribution in [0.2, 0.25) is 0 Å². The number of hydrogen-bond donors (Lipinski definition) is 3. The smallest absolute Gasteiger partial charge is 0.229 e. The Morgan fingerprint density at radius 1 is 0.844 bits per heavy atom. The van der Waals surface area contributed by atoms with Crippen molar-refractivity contribution in [2.24, 2.45) is 20.5 Å². The Hall–Kier alpha value is -3.90. The second-order valence-electron chi connectivity index (χ2n) is 6.40. The molecule has 2 aromatic heterocycles. The number of phenolic OH excluding ortho intramolecular Hbond substituents is 3. The van der Waals surface area contributed by atoms with Crippen LogP contribution in [0.4, 0.5) is 21.6 Å². The summed E-state index contributed by atoms with van der Waals surface area (Å²) in [6.45, 7) is 1.63. The van der Waals surface area contributed by atoms with E-state index < -0.39 is 0 Å². The molecule has 10 nitrogen and oxygen atoms in total. The minimum Gasteiger partial charge on any atom is -0.508 e. The molecule has 4 rings (SSSR count). The van der Waals surface area contributed by atoms with Gasteiger partial charge in [0, 0.05) is 40.8 Å². The Morgan fingerprint density at radius 3 is 2.19 bits per heavy atom. The molecule has 0 atom stereocenters. The first-order chi connectivity index (χ1) is 15.5. The summed E-state index contributed by atoms with van der Waals surface area (Å²) in [6.07, 6.45) is 3.21. The zero-order valence-corrected chi connectivity index (χ0v) is 18.2. The zero-order valence-electron chi connectivity index (χ0n) is 16.6. The molecule has 0 aliphatic heterocycles. The number of nitrogens with zero attached hydrogens (tertiary/aromatic N) is 6. The normalized spacial score (nSPS) is 11.5. The van der Waals surface area contributed by atoms with Crippen molar-refractivity contribution in [1.29, 1.82) is 0 Å². The summed E-state index contributed by atoms with van der Waals surface area (Å²) in [7, 11) is 0. The molecular weight excluding hydrogens is 452 g/mol. The topological polar surface area (TPSA) is 145 Å². The van der Waals surface area contributed by atoms with Gasteiger partial charge in [0.1, 0.15) is 35.2 Å². The maximum atomic E-state index is 10.3. The van der Waals surface area contributed by atoms with E-state index in [4.69, 9.17) is 4.74 Å². The molecule has 0 fully saturated rings. The van der Waals surface area contributed by atoms with Gasteiger partial charge in [0.15, 0.2) is 5.75 Å². The monoisotopic (exact) mass is 468 g/mol. The zero-order chi connectivity index (χ0) is 22.5. The molecule has 0 aliphatic rings. The molecule has 2 aromatic carbocycles. The minimum absolute atomic E-state index is 0.0237. The van der Waals surface area contributed by atoms with Crippen molar-refractivity contribution in [2.45, 2.75) is 13.5 Å². The number of phenols is 3. The van der Waals surface area contributed by atoms with Crippen LogP contribution >= 0.6 is 22.7 Å². The predicted octanol–water partition coefficient (Wildman–Crippen LogP) is 6.43. The van der Waals surface area contributed by atoms with Crippen LogP contribution in [0.3, 0.4) is 0 Å². The average molecular weight is 469 g/mol. The van der Waals surface area contributed by atoms with Crippen molar-refractivity contribution < 1.29 is 20.1 Å². The maximum absolute atomic E-state index is 10.3. The van der Waals surface area contributed by atoms with Crippen LogP contribution in [0.25, 0.3) is 0 Å². The molecule has 0 bridgehead atoms. The molecule has 0 saturated carbocycles. The van der Waals surface area contributed by atoms with E-state index in [1.54, 1.807) is 36.1 Å². The number of hydrogen-bond acceptors (Lipinski definition) is 12. The minimum atomic E-state index is -0.264. The highest BCUT2D eigenvalue weighted by molar-refractivity contribution is 7.13. The third kappa shape index (κ3) is 5.04. The van der Waals surface area contributed by atoms with Crippen molar-refractivity contribution >= 4 is 44.3 Å². The van der Waals surface area contributed by atoms with Crippen molar-refractivity contribution in [3.63, 3.8) is 0 Å². The quantitative estimate of drug-likeness (QED) is 0.266. The lowest BCUT2D eigenvalue weighted by Crippen LogP contribution is -1.97. The highest BCUT2D eigenvalue weighted by Crippen LogP contribution is 2.39. The Morgan fingerprint density at radius 2 is 1.53 bits per heavy atom. The van der Waals surface area contributed by atoms with Gasteiger partial charge in [-0.25, -0.2) is 9.97 Å². The lowest BCUT2D eigenvalue weighted by Gasteiger charge is -2.12. The highest BCUT2D eigenvalue weighted by Gasteiger charge is 2.14. The van der Waals surface area contributed by atoms with E-state index in [1.165, 1.54) is 34.8 Å². The van der Waals surface area contributed by atoms with Gasteiger partial charge < -0.3 is 20.1 Å². The first-order valence-electron chi connectivity index (χ1n) is 9.13. The Bertz CT molecular complexity index is 1270. The van der Waals surface area contributed by atoms with Crippen molar-refractivity contribution in [3.8, 4) is 23.0 Å². The van der Waals surface area contributed by atoms with Gasteiger partial charge in [-0.05, 0) is 24.6 Å². The first kappa shape index (κ1) is 21.3. The summed E-state index contributed by atoms with van der Waals surface area (Å²) < 4.78 is 5.85. The van der Waals surface area contributed by atoms with Crippen LogP contribution in [0.1, 0.15) is 11.1 Å². The van der Waals surface area contributed by atoms with Gasteiger partial charge in [-0.2, -0.15) is 0 Å². The SMILES string of the molecule is Cc1cc(N=Nc2nccs2)c(OCc2cc(O)cc(O)c2N=Nc2nccs2)cc1O. The molecule has 0 spiro atoms. The van der Waals surface area contributed by atoms with E-state index in [0.717, 1.165) is 6.07 Å². The molecule has 12 heteroatoms. The lowest BCUT2D eigenvalue weighted by molar-refractivity contribution is 0.304. The van der Waals surface area contributed by atoms with E-state index >= 15 is 0 Å². The number of thiazole rings is 2. The number of benzene rings is 2. The van der Waals surface area contributed by atoms with Gasteiger partial charge >= 0.3 is 0 Å². The van der Waals surface area contributed by atoms with Crippen LogP contribution in [0, 0.1) is 6.92 Å². The summed E-state index contributed by atoms with van der Waals surface area (Å²) in [5.74, 6) is -0.154. The van der Waals surface area contributed by atoms with Crippen LogP contribution in [0.5, 0.6) is 23.0 Å². The standard InChI is InChI=1S/C20H16N6O4S2/c1-11-6-14(23-25-19-21-2-4-31-19)17(9-15(11)28)30-10-12-7-13(27)8-16(29)18(12)24-26-20-22-3-5-32-20/h2-9,27-29H,10H2,1H3. The second kappa shape index (κ2) is 9.49. The Kier molecular flexibility index (Phi) is 6.33. The second-order valence-corrected chi connectivity index (χ2v) is 8.14. The number of aromatic hydroxyl groups is 3. The third-order valence-corrected chi connectivity index (χ3v) is 5.44. The molecule has 3 N–H and O–H groups in total. The number of rotatable bonds is 7. The Labute approximate surface area is 189 Å². The molecule has 162 valence electrons. The van der Waals surface area contributed by atoms with Crippen molar-refractivity contribution in [1.82, 2.24) is 9.97 Å². The van der Waals surface area contributed by atoms with Crippen LogP contribution in [-0.2, 0) is 6.61 Å². The fourth-order valence-electron chi connectivity index (χ4n) is 2.62. The van der Waals surface area contributed by atoms with Crippen LogP contribution < -0.4 is 4.74 Å². The van der Waals surface area contributed by atoms with Gasteiger partial charge in [-0.1, -0.05) is 0 Å². The van der Waals surface area contributed by atoms with E-state index in [2.05, 4.69) is 30.4 Å². The molecule has 0 saturated heterocycles. The van der Waals surface area contributed by atoms with Crippen LogP contribution in [-0.4, -0.2) is 25.3 Å². The summed E-state index contributed by atoms with van der Waals surface area (Å²) in [5, 5.41) is 51.0. The van der Waals surface area contributed by atoms with E-state index in [1.807, 2.05) is 0 Å². The van der Waals surface area contributed by atoms with E-state index in [9.17, 15) is 15.3 Å². The molecule has 32 heavy (non-hydrogen) atoms. The molecule has 0 unspecified atom stereocenters. The summed E-state index contributed by atoms with van der Waals surface area (Å²) in [5.41, 5.74) is 1.47. The summed E-state index contributed by atoms with van der Waals surface area (Å²) >= 11 is 2.62. The van der Waals surface area contributed by atoms with Gasteiger partial charge in [0.05, 0.1) is 0 Å². The summed E-state index contributed by atoms with van der Waals surface area (Å²) in [6, 6.07) is 5.61. The highest BCUT2D eigenvalue weighted by atomic mass is 32.1. The predicted molar refractivity (Wildman–Crippen MR) is 120 cm³/mol. The fraction of sp³-hybridized carbons (Fsp3) is 0.100. The lowest BCUT2D eigenvalue weighted by atomic mass is 10.1. The Balaban J connectivity index is 1.63. The molecule has 4 aromatic rings. The maximum Gasteiger partial charge on any atom is 0.229 e. The first-order valence-corrected chi connectivity index (χ1v) is 10.9. The van der Waals surface area contributed by atoms with Gasteiger partial charge in [-0.15, -0.1) is 43.1 Å². The fourth-order valence-corrected chi connectivity index (χ4v) is 3.52. The van der Waals surface area contributed by atoms with E-state index in [-0.39, 0.29) is 35.3 Å². The largest absolute Gasteiger partial charge is 0.508 e. The van der Waals surface area contributed by atoms with Crippen LogP contribution in [0.15, 0.2) is 67.9 Å². The number of aryl methyl sites for hydroxylation is 1. The van der Waals surface area contributed by atoms with E-state index in [0.29, 0.717) is 27.1 Å². The number of azo groups is 2. The van der Waals surface area contributed by atoms with Gasteiger partial charge in [-0.3, -0.25) is 0 Å². The van der Waals surface area contributed by atoms with Gasteiger partial charge in [0.2, 0.25) is 10.3 Å². The third-order valence-electron chi connectivity index (χ3n) is 4.13. The van der Waals surface area contributed by atoms with Crippen molar-refractivity contribution in [2.75, 3.05) is 0 Å². The summed E-state index contributed by atoms with van der Waals surface area (Å²) in [4.78, 5) is 8.07. The average Bonchev–Trinajstić information content (AvgIpc) is 3.46. The molecule has 0 amide bonds. The molecule has 0 radical (unpaired) electrons. The molecule has 2 heterocycles. The van der Waals surface area contributed by atoms with Gasteiger partial charge in [0.25, 0.3) is 0 Å². The number of aromatic nitrogens is 2. The molecular formula is C20H16N6O4S2.